The van der Waals surface area contributed by atoms with Crippen LogP contribution in [0.1, 0.15) is 21.5 Å². The predicted octanol–water partition coefficient (Wildman–Crippen LogP) is 3.05. The van der Waals surface area contributed by atoms with Crippen LogP contribution in [0.15, 0.2) is 71.8 Å². The number of amides is 3. The number of anilines is 2. The van der Waals surface area contributed by atoms with Crippen molar-refractivity contribution >= 4 is 35.3 Å². The number of benzene rings is 3. The smallest absolute Gasteiger partial charge is 0.329 e. The maximum atomic E-state index is 12.7. The zero-order chi connectivity index (χ0) is 23.8. The molecule has 0 saturated heterocycles. The van der Waals surface area contributed by atoms with Gasteiger partial charge in [-0.25, -0.2) is 5.43 Å². The van der Waals surface area contributed by atoms with Gasteiger partial charge in [0.15, 0.2) is 11.5 Å². The average molecular weight is 446 g/mol. The molecule has 0 aliphatic carbocycles. The van der Waals surface area contributed by atoms with Crippen LogP contribution in [0.4, 0.5) is 11.4 Å². The van der Waals surface area contributed by atoms with E-state index in [-0.39, 0.29) is 28.3 Å². The van der Waals surface area contributed by atoms with Gasteiger partial charge in [0.05, 0.1) is 24.6 Å². The standard InChI is InChI=1S/C24H22N4O5/c1-15-7-5-9-17(13-15)26-22(30)18-10-3-4-11-19(18)27-23(31)24(32)28-25-14-16-8-6-12-20(33-2)21(16)29/h3-14,29H,1-2H3,(H,26,30)(H,27,31)(H,28,32)/b25-14-. The molecule has 4 N–H and O–H groups in total. The first-order valence-corrected chi connectivity index (χ1v) is 9.86. The Morgan fingerprint density at radius 3 is 2.45 bits per heavy atom. The number of carbonyl (C=O) groups excluding carboxylic acids is 3. The van der Waals surface area contributed by atoms with Gasteiger partial charge in [-0.2, -0.15) is 5.10 Å². The van der Waals surface area contributed by atoms with E-state index in [4.69, 9.17) is 4.74 Å². The first-order valence-electron chi connectivity index (χ1n) is 9.86. The first kappa shape index (κ1) is 23.0. The number of aromatic hydroxyl groups is 1. The molecule has 0 fully saturated rings. The second-order valence-electron chi connectivity index (χ2n) is 6.92. The summed E-state index contributed by atoms with van der Waals surface area (Å²) in [5.74, 6) is -2.43. The molecule has 168 valence electrons. The van der Waals surface area contributed by atoms with E-state index < -0.39 is 17.7 Å². The molecule has 0 saturated carbocycles. The number of nitrogens with one attached hydrogen (secondary N) is 3. The van der Waals surface area contributed by atoms with Gasteiger partial charge in [-0.15, -0.1) is 0 Å². The molecule has 0 aromatic heterocycles. The number of hydrazone groups is 1. The molecule has 0 aliphatic heterocycles. The Morgan fingerprint density at radius 2 is 1.70 bits per heavy atom. The summed E-state index contributed by atoms with van der Waals surface area (Å²) in [7, 11) is 1.40. The molecule has 3 amide bonds. The lowest BCUT2D eigenvalue weighted by molar-refractivity contribution is -0.136. The van der Waals surface area contributed by atoms with Crippen LogP contribution in [0.5, 0.6) is 11.5 Å². The van der Waals surface area contributed by atoms with Gasteiger partial charge < -0.3 is 20.5 Å². The molecule has 9 nitrogen and oxygen atoms in total. The summed E-state index contributed by atoms with van der Waals surface area (Å²) in [6.07, 6.45) is 1.17. The summed E-state index contributed by atoms with van der Waals surface area (Å²) < 4.78 is 5.00. The fraction of sp³-hybridized carbons (Fsp3) is 0.0833. The second-order valence-corrected chi connectivity index (χ2v) is 6.92. The van der Waals surface area contributed by atoms with Crippen LogP contribution in [0.25, 0.3) is 0 Å². The fourth-order valence-corrected chi connectivity index (χ4v) is 2.91. The maximum absolute atomic E-state index is 12.7. The van der Waals surface area contributed by atoms with Crippen molar-refractivity contribution in [2.24, 2.45) is 5.10 Å². The van der Waals surface area contributed by atoms with Crippen LogP contribution in [0.2, 0.25) is 0 Å². The number of rotatable bonds is 6. The fourth-order valence-electron chi connectivity index (χ4n) is 2.91. The zero-order valence-electron chi connectivity index (χ0n) is 18.0. The molecular formula is C24H22N4O5. The number of nitrogens with zero attached hydrogens (tertiary/aromatic N) is 1. The molecular weight excluding hydrogens is 424 g/mol. The molecule has 3 aromatic carbocycles. The maximum Gasteiger partial charge on any atom is 0.329 e. The molecule has 3 rings (SSSR count). The molecule has 0 unspecified atom stereocenters. The SMILES string of the molecule is COc1cccc(/C=N\NC(=O)C(=O)Nc2ccccc2C(=O)Nc2cccc(C)c2)c1O. The molecule has 0 bridgehead atoms. The largest absolute Gasteiger partial charge is 0.504 e. The normalized spacial score (nSPS) is 10.5. The van der Waals surface area contributed by atoms with Gasteiger partial charge in [-0.05, 0) is 48.9 Å². The van der Waals surface area contributed by atoms with Gasteiger partial charge >= 0.3 is 11.8 Å². The van der Waals surface area contributed by atoms with Gasteiger partial charge in [0.1, 0.15) is 0 Å². The summed E-state index contributed by atoms with van der Waals surface area (Å²) in [5.41, 5.74) is 4.30. The lowest BCUT2D eigenvalue weighted by Gasteiger charge is -2.11. The highest BCUT2D eigenvalue weighted by atomic mass is 16.5. The molecule has 0 aliphatic rings. The Bertz CT molecular complexity index is 1220. The number of carbonyl (C=O) groups is 3. The summed E-state index contributed by atoms with van der Waals surface area (Å²) in [4.78, 5) is 37.1. The Morgan fingerprint density at radius 1 is 0.939 bits per heavy atom. The van der Waals surface area contributed by atoms with Crippen LogP contribution in [-0.4, -0.2) is 36.2 Å². The summed E-state index contributed by atoms with van der Waals surface area (Å²) in [6, 6.07) is 18.3. The van der Waals surface area contributed by atoms with E-state index >= 15 is 0 Å². The predicted molar refractivity (Wildman–Crippen MR) is 125 cm³/mol. The van der Waals surface area contributed by atoms with Crippen molar-refractivity contribution in [2.45, 2.75) is 6.92 Å². The Kier molecular flexibility index (Phi) is 7.38. The third-order valence-corrected chi connectivity index (χ3v) is 4.52. The van der Waals surface area contributed by atoms with Crippen molar-refractivity contribution in [1.29, 1.82) is 0 Å². The van der Waals surface area contributed by atoms with E-state index in [1.165, 1.54) is 25.5 Å². The number of para-hydroxylation sites is 2. The Labute approximate surface area is 190 Å². The number of methoxy groups -OCH3 is 1. The van der Waals surface area contributed by atoms with Crippen LogP contribution < -0.4 is 20.8 Å². The molecule has 33 heavy (non-hydrogen) atoms. The third kappa shape index (κ3) is 5.95. The van der Waals surface area contributed by atoms with Gasteiger partial charge in [-0.3, -0.25) is 14.4 Å². The molecule has 9 heteroatoms. The summed E-state index contributed by atoms with van der Waals surface area (Å²) in [5, 5.41) is 18.9. The first-order chi connectivity index (χ1) is 15.9. The average Bonchev–Trinajstić information content (AvgIpc) is 2.80. The van der Waals surface area contributed by atoms with Gasteiger partial charge in [0.25, 0.3) is 5.91 Å². The topological polar surface area (TPSA) is 129 Å². The monoisotopic (exact) mass is 446 g/mol. The van der Waals surface area contributed by atoms with E-state index in [9.17, 15) is 19.5 Å². The minimum Gasteiger partial charge on any atom is -0.504 e. The van der Waals surface area contributed by atoms with Crippen molar-refractivity contribution in [3.8, 4) is 11.5 Å². The van der Waals surface area contributed by atoms with E-state index in [0.29, 0.717) is 5.69 Å². The second kappa shape index (κ2) is 10.6. The van der Waals surface area contributed by atoms with E-state index in [1.54, 1.807) is 36.4 Å². The van der Waals surface area contributed by atoms with Crippen LogP contribution in [0, 0.1) is 6.92 Å². The van der Waals surface area contributed by atoms with Gasteiger partial charge in [0, 0.05) is 11.3 Å². The lowest BCUT2D eigenvalue weighted by Crippen LogP contribution is -2.33. The number of phenolic OH excluding ortho intramolecular Hbond substituents is 1. The van der Waals surface area contributed by atoms with Crippen LogP contribution in [0.3, 0.4) is 0 Å². The van der Waals surface area contributed by atoms with E-state index in [2.05, 4.69) is 21.2 Å². The van der Waals surface area contributed by atoms with Crippen molar-refractivity contribution in [3.05, 3.63) is 83.4 Å². The highest BCUT2D eigenvalue weighted by Gasteiger charge is 2.18. The highest BCUT2D eigenvalue weighted by molar-refractivity contribution is 6.40. The Hall–Kier alpha value is -4.66. The number of aryl methyl sites for hydroxylation is 1. The Balaban J connectivity index is 1.65. The summed E-state index contributed by atoms with van der Waals surface area (Å²) >= 11 is 0. The van der Waals surface area contributed by atoms with Crippen molar-refractivity contribution in [1.82, 2.24) is 5.43 Å². The highest BCUT2D eigenvalue weighted by Crippen LogP contribution is 2.27. The van der Waals surface area contributed by atoms with Crippen molar-refractivity contribution in [3.63, 3.8) is 0 Å². The number of hydrogen-bond acceptors (Lipinski definition) is 6. The van der Waals surface area contributed by atoms with Gasteiger partial charge in [-0.1, -0.05) is 30.3 Å². The van der Waals surface area contributed by atoms with E-state index in [0.717, 1.165) is 5.56 Å². The minimum absolute atomic E-state index is 0.156. The molecule has 0 radical (unpaired) electrons. The number of phenols is 1. The van der Waals surface area contributed by atoms with Crippen molar-refractivity contribution < 1.29 is 24.2 Å². The molecule has 0 atom stereocenters. The number of ether oxygens (including phenoxy) is 1. The zero-order valence-corrected chi connectivity index (χ0v) is 18.0. The lowest BCUT2D eigenvalue weighted by atomic mass is 10.1. The summed E-state index contributed by atoms with van der Waals surface area (Å²) in [6.45, 7) is 1.90. The molecule has 3 aromatic rings. The number of hydrogen-bond donors (Lipinski definition) is 4. The molecule has 0 spiro atoms. The van der Waals surface area contributed by atoms with Crippen LogP contribution >= 0.6 is 0 Å². The third-order valence-electron chi connectivity index (χ3n) is 4.52. The van der Waals surface area contributed by atoms with Gasteiger partial charge in [0.2, 0.25) is 0 Å². The van der Waals surface area contributed by atoms with E-state index in [1.807, 2.05) is 25.1 Å². The van der Waals surface area contributed by atoms with Crippen molar-refractivity contribution in [2.75, 3.05) is 17.7 Å². The van der Waals surface area contributed by atoms with Crippen LogP contribution in [-0.2, 0) is 9.59 Å². The molecule has 0 heterocycles. The quantitative estimate of drug-likeness (QED) is 0.263. The minimum atomic E-state index is -1.05.